The van der Waals surface area contributed by atoms with Crippen LogP contribution in [0.2, 0.25) is 5.02 Å². The van der Waals surface area contributed by atoms with Gasteiger partial charge in [0, 0.05) is 43.0 Å². The molecule has 2 aromatic heterocycles. The highest BCUT2D eigenvalue weighted by Crippen LogP contribution is 2.24. The van der Waals surface area contributed by atoms with Crippen molar-refractivity contribution in [3.63, 3.8) is 0 Å². The Morgan fingerprint density at radius 2 is 1.77 bits per heavy atom. The third kappa shape index (κ3) is 4.67. The van der Waals surface area contributed by atoms with E-state index < -0.39 is 0 Å². The number of halogens is 1. The summed E-state index contributed by atoms with van der Waals surface area (Å²) in [5.74, 6) is 1.55. The Bertz CT molecular complexity index is 1210. The van der Waals surface area contributed by atoms with Crippen LogP contribution in [0.25, 0.3) is 17.0 Å². The van der Waals surface area contributed by atoms with Gasteiger partial charge in [0.25, 0.3) is 5.56 Å². The third-order valence-electron chi connectivity index (χ3n) is 5.47. The monoisotopic (exact) mass is 434 g/mol. The Labute approximate surface area is 187 Å². The van der Waals surface area contributed by atoms with Crippen LogP contribution in [-0.2, 0) is 13.1 Å². The number of fused-ring (bicyclic) bond motifs is 1. The Kier molecular flexibility index (Phi) is 6.42. The molecule has 31 heavy (non-hydrogen) atoms. The summed E-state index contributed by atoms with van der Waals surface area (Å²) < 4.78 is 3.81. The average molecular weight is 435 g/mol. The van der Waals surface area contributed by atoms with Crippen LogP contribution in [0.15, 0.2) is 71.7 Å². The number of benzene rings is 2. The van der Waals surface area contributed by atoms with E-state index in [2.05, 4.69) is 28.5 Å². The van der Waals surface area contributed by atoms with Gasteiger partial charge in [-0.15, -0.1) is 0 Å². The lowest BCUT2D eigenvalue weighted by atomic mass is 10.2. The fourth-order valence-corrected chi connectivity index (χ4v) is 3.96. The average Bonchev–Trinajstić information content (AvgIpc) is 3.22. The zero-order valence-corrected chi connectivity index (χ0v) is 18.7. The molecule has 4 rings (SSSR count). The van der Waals surface area contributed by atoms with E-state index in [1.165, 1.54) is 5.56 Å². The minimum Gasteiger partial charge on any atom is -0.357 e. The second-order valence-corrected chi connectivity index (χ2v) is 8.28. The van der Waals surface area contributed by atoms with Gasteiger partial charge in [-0.3, -0.25) is 13.8 Å². The molecule has 2 aromatic carbocycles. The number of aryl methyl sites for hydroxylation is 1. The molecule has 0 spiro atoms. The van der Waals surface area contributed by atoms with Crippen LogP contribution in [-0.4, -0.2) is 21.0 Å². The van der Waals surface area contributed by atoms with E-state index in [-0.39, 0.29) is 5.56 Å². The lowest BCUT2D eigenvalue weighted by Gasteiger charge is -2.24. The maximum atomic E-state index is 13.0. The molecule has 0 atom stereocenters. The van der Waals surface area contributed by atoms with Crippen molar-refractivity contribution in [1.29, 1.82) is 0 Å². The van der Waals surface area contributed by atoms with Crippen molar-refractivity contribution in [2.24, 2.45) is 0 Å². The molecule has 0 aliphatic rings. The Morgan fingerprint density at radius 1 is 1.03 bits per heavy atom. The van der Waals surface area contributed by atoms with Crippen LogP contribution in [0, 0.1) is 0 Å². The summed E-state index contributed by atoms with van der Waals surface area (Å²) in [6.07, 6.45) is 5.11. The van der Waals surface area contributed by atoms with Crippen molar-refractivity contribution >= 4 is 23.2 Å². The number of hydrogen-bond donors (Lipinski definition) is 0. The van der Waals surface area contributed by atoms with Gasteiger partial charge in [-0.1, -0.05) is 73.8 Å². The molecule has 2 heterocycles. The number of anilines is 1. The van der Waals surface area contributed by atoms with Crippen LogP contribution < -0.4 is 10.5 Å². The zero-order chi connectivity index (χ0) is 21.8. The lowest BCUT2D eigenvalue weighted by Crippen LogP contribution is -2.27. The molecule has 4 aromatic rings. The zero-order valence-electron chi connectivity index (χ0n) is 18.0. The highest BCUT2D eigenvalue weighted by atomic mass is 35.5. The van der Waals surface area contributed by atoms with E-state index in [1.807, 2.05) is 55.7 Å². The standard InChI is InChI=1S/C25H27ClN4O/c1-3-4-8-15-29-23(28(2)17-19-9-6-5-7-10-19)16-24(31)30-18-22(27-25(29)30)20-11-13-21(26)14-12-20/h5-7,9-14,16,18H,3-4,8,15,17H2,1-2H3. The van der Waals surface area contributed by atoms with Crippen molar-refractivity contribution < 1.29 is 0 Å². The van der Waals surface area contributed by atoms with Gasteiger partial charge in [-0.2, -0.15) is 0 Å². The van der Waals surface area contributed by atoms with Gasteiger partial charge < -0.3 is 4.90 Å². The number of hydrogen-bond acceptors (Lipinski definition) is 3. The number of aromatic nitrogens is 3. The van der Waals surface area contributed by atoms with Gasteiger partial charge in [0.05, 0.1) is 5.69 Å². The Balaban J connectivity index is 1.79. The lowest BCUT2D eigenvalue weighted by molar-refractivity contribution is 0.596. The largest absolute Gasteiger partial charge is 0.357 e. The highest BCUT2D eigenvalue weighted by molar-refractivity contribution is 6.30. The molecule has 0 fully saturated rings. The van der Waals surface area contributed by atoms with Gasteiger partial charge in [-0.05, 0) is 24.1 Å². The van der Waals surface area contributed by atoms with Crippen molar-refractivity contribution in [3.8, 4) is 11.3 Å². The number of unbranched alkanes of at least 4 members (excludes halogenated alkanes) is 2. The number of rotatable bonds is 8. The summed E-state index contributed by atoms with van der Waals surface area (Å²) in [5, 5.41) is 0.677. The SMILES string of the molecule is CCCCCn1c(N(C)Cc2ccccc2)cc(=O)n2cc(-c3ccc(Cl)cc3)nc12. The van der Waals surface area contributed by atoms with Crippen LogP contribution in [0.5, 0.6) is 0 Å². The minimum absolute atomic E-state index is 0.0793. The first-order chi connectivity index (χ1) is 15.1. The van der Waals surface area contributed by atoms with Crippen molar-refractivity contribution in [2.45, 2.75) is 39.3 Å². The number of nitrogens with zero attached hydrogens (tertiary/aromatic N) is 4. The summed E-state index contributed by atoms with van der Waals surface area (Å²) in [6.45, 7) is 3.72. The summed E-state index contributed by atoms with van der Waals surface area (Å²) in [7, 11) is 2.03. The van der Waals surface area contributed by atoms with Crippen LogP contribution >= 0.6 is 11.6 Å². The highest BCUT2D eigenvalue weighted by Gasteiger charge is 2.16. The van der Waals surface area contributed by atoms with E-state index in [0.717, 1.165) is 49.4 Å². The van der Waals surface area contributed by atoms with Gasteiger partial charge >= 0.3 is 0 Å². The fourth-order valence-electron chi connectivity index (χ4n) is 3.83. The molecule has 0 saturated heterocycles. The molecule has 0 unspecified atom stereocenters. The third-order valence-corrected chi connectivity index (χ3v) is 5.73. The van der Waals surface area contributed by atoms with Gasteiger partial charge in [-0.25, -0.2) is 4.98 Å². The summed E-state index contributed by atoms with van der Waals surface area (Å²) in [5.41, 5.74) is 2.82. The molecule has 0 aliphatic carbocycles. The van der Waals surface area contributed by atoms with E-state index in [0.29, 0.717) is 10.8 Å². The predicted molar refractivity (Wildman–Crippen MR) is 128 cm³/mol. The van der Waals surface area contributed by atoms with E-state index in [1.54, 1.807) is 10.5 Å². The van der Waals surface area contributed by atoms with Crippen LogP contribution in [0.3, 0.4) is 0 Å². The molecule has 6 heteroatoms. The predicted octanol–water partition coefficient (Wildman–Crippen LogP) is 5.64. The van der Waals surface area contributed by atoms with Crippen molar-refractivity contribution in [2.75, 3.05) is 11.9 Å². The molecule has 0 saturated carbocycles. The molecule has 0 N–H and O–H groups in total. The summed E-state index contributed by atoms with van der Waals surface area (Å²) in [4.78, 5) is 20.0. The van der Waals surface area contributed by atoms with Crippen LogP contribution in [0.4, 0.5) is 5.82 Å². The summed E-state index contributed by atoms with van der Waals surface area (Å²) in [6, 6.07) is 19.5. The second-order valence-electron chi connectivity index (χ2n) is 7.84. The quantitative estimate of drug-likeness (QED) is 0.337. The first-order valence-electron chi connectivity index (χ1n) is 10.7. The smallest absolute Gasteiger partial charge is 0.261 e. The molecule has 160 valence electrons. The molecule has 0 aliphatic heterocycles. The van der Waals surface area contributed by atoms with E-state index in [4.69, 9.17) is 16.6 Å². The first-order valence-corrected chi connectivity index (χ1v) is 11.1. The molecule has 0 radical (unpaired) electrons. The van der Waals surface area contributed by atoms with Gasteiger partial charge in [0.2, 0.25) is 5.78 Å². The maximum absolute atomic E-state index is 13.0. The Morgan fingerprint density at radius 3 is 2.48 bits per heavy atom. The molecule has 0 bridgehead atoms. The summed E-state index contributed by atoms with van der Waals surface area (Å²) >= 11 is 6.04. The van der Waals surface area contributed by atoms with Crippen molar-refractivity contribution in [1.82, 2.24) is 14.0 Å². The molecular formula is C25H27ClN4O. The van der Waals surface area contributed by atoms with Gasteiger partial charge in [0.1, 0.15) is 5.82 Å². The topological polar surface area (TPSA) is 42.5 Å². The number of imidazole rings is 1. The van der Waals surface area contributed by atoms with Crippen LogP contribution in [0.1, 0.15) is 31.7 Å². The van der Waals surface area contributed by atoms with Crippen molar-refractivity contribution in [3.05, 3.63) is 87.8 Å². The minimum atomic E-state index is -0.0793. The van der Waals surface area contributed by atoms with Gasteiger partial charge in [0.15, 0.2) is 0 Å². The maximum Gasteiger partial charge on any atom is 0.261 e. The Hall–Kier alpha value is -3.05. The second kappa shape index (κ2) is 9.40. The van der Waals surface area contributed by atoms with E-state index >= 15 is 0 Å². The molecule has 5 nitrogen and oxygen atoms in total. The normalized spacial score (nSPS) is 11.2. The first kappa shape index (κ1) is 21.2. The molecule has 0 amide bonds. The molecular weight excluding hydrogens is 408 g/mol. The van der Waals surface area contributed by atoms with E-state index in [9.17, 15) is 4.79 Å². The fraction of sp³-hybridized carbons (Fsp3) is 0.280.